The molecule has 0 aromatic carbocycles. The second kappa shape index (κ2) is 3.27. The van der Waals surface area contributed by atoms with Crippen LogP contribution in [-0.4, -0.2) is 41.7 Å². The predicted molar refractivity (Wildman–Crippen MR) is 41.7 cm³/mol. The summed E-state index contributed by atoms with van der Waals surface area (Å²) in [6.07, 6.45) is -4.12. The molecule has 0 aromatic heterocycles. The highest BCUT2D eigenvalue weighted by atomic mass is 19.3. The Morgan fingerprint density at radius 2 is 1.69 bits per heavy atom. The van der Waals surface area contributed by atoms with Gasteiger partial charge in [0.05, 0.1) is 0 Å². The molecule has 8 heteroatoms. The van der Waals surface area contributed by atoms with Crippen molar-refractivity contribution in [3.05, 3.63) is 0 Å². The number of nitrogens with zero attached hydrogens (tertiary/aromatic N) is 1. The van der Waals surface area contributed by atoms with Crippen LogP contribution in [0.5, 0.6) is 0 Å². The van der Waals surface area contributed by atoms with Gasteiger partial charge in [0.25, 0.3) is 5.79 Å². The van der Waals surface area contributed by atoms with Crippen molar-refractivity contribution in [2.45, 2.75) is 37.2 Å². The first-order chi connectivity index (χ1) is 7.05. The van der Waals surface area contributed by atoms with Gasteiger partial charge in [-0.25, -0.2) is 8.78 Å². The lowest BCUT2D eigenvalue weighted by molar-refractivity contribution is -0.423. The number of carbonyl (C=O) groups excluding carboxylic acids is 1. The van der Waals surface area contributed by atoms with Crippen molar-refractivity contribution in [2.24, 2.45) is 0 Å². The smallest absolute Gasteiger partial charge is 0.305 e. The second-order valence-electron chi connectivity index (χ2n) is 3.54. The van der Waals surface area contributed by atoms with E-state index in [0.717, 1.165) is 0 Å². The standard InChI is InChI=1S/C8H9F6NO/c1-3-4(16)15(2)7(12)5(9)6(10,11)8(7,13)14/h5H,3H2,1-2H3. The zero-order valence-corrected chi connectivity index (χ0v) is 8.41. The maximum absolute atomic E-state index is 13.5. The molecule has 0 heterocycles. The molecule has 16 heavy (non-hydrogen) atoms. The van der Waals surface area contributed by atoms with Gasteiger partial charge < -0.3 is 4.90 Å². The number of alkyl halides is 6. The maximum atomic E-state index is 13.5. The molecule has 0 saturated heterocycles. The highest BCUT2D eigenvalue weighted by molar-refractivity contribution is 5.77. The Labute approximate surface area is 87.2 Å². The molecule has 1 rings (SSSR count). The van der Waals surface area contributed by atoms with Gasteiger partial charge in [-0.3, -0.25) is 4.79 Å². The van der Waals surface area contributed by atoms with Crippen LogP contribution in [0.15, 0.2) is 0 Å². The van der Waals surface area contributed by atoms with Gasteiger partial charge in [0.2, 0.25) is 12.1 Å². The predicted octanol–water partition coefficient (Wildman–Crippen LogP) is 2.14. The topological polar surface area (TPSA) is 20.3 Å². The number of hydrogen-bond donors (Lipinski definition) is 0. The van der Waals surface area contributed by atoms with Crippen molar-refractivity contribution in [1.29, 1.82) is 0 Å². The fourth-order valence-electron chi connectivity index (χ4n) is 1.51. The largest absolute Gasteiger partial charge is 0.368 e. The summed E-state index contributed by atoms with van der Waals surface area (Å²) in [6, 6.07) is 0. The molecule has 94 valence electrons. The van der Waals surface area contributed by atoms with E-state index in [9.17, 15) is 31.1 Å². The fraction of sp³-hybridized carbons (Fsp3) is 0.875. The molecular weight excluding hydrogens is 240 g/mol. The van der Waals surface area contributed by atoms with Crippen LogP contribution >= 0.6 is 0 Å². The van der Waals surface area contributed by atoms with Gasteiger partial charge in [0, 0.05) is 13.5 Å². The summed E-state index contributed by atoms with van der Waals surface area (Å²) >= 11 is 0. The van der Waals surface area contributed by atoms with Crippen molar-refractivity contribution in [1.82, 2.24) is 4.90 Å². The lowest BCUT2D eigenvalue weighted by atomic mass is 9.77. The maximum Gasteiger partial charge on any atom is 0.368 e. The van der Waals surface area contributed by atoms with Crippen molar-refractivity contribution in [3.63, 3.8) is 0 Å². The summed E-state index contributed by atoms with van der Waals surface area (Å²) in [6.45, 7) is 1.21. The number of rotatable bonds is 2. The molecule has 2 atom stereocenters. The number of hydrogen-bond acceptors (Lipinski definition) is 1. The summed E-state index contributed by atoms with van der Waals surface area (Å²) < 4.78 is 76.8. The van der Waals surface area contributed by atoms with Crippen molar-refractivity contribution in [3.8, 4) is 0 Å². The average Bonchev–Trinajstić information content (AvgIpc) is 2.23. The highest BCUT2D eigenvalue weighted by Crippen LogP contribution is 2.62. The van der Waals surface area contributed by atoms with Gasteiger partial charge in [-0.15, -0.1) is 0 Å². The summed E-state index contributed by atoms with van der Waals surface area (Å²) in [5.41, 5.74) is 0. The summed E-state index contributed by atoms with van der Waals surface area (Å²) in [5.74, 6) is -15.8. The SMILES string of the molecule is CCC(=O)N(C)C1(F)C(F)C(F)(F)C1(F)F. The van der Waals surface area contributed by atoms with Crippen LogP contribution in [-0.2, 0) is 4.79 Å². The zero-order chi connectivity index (χ0) is 12.9. The summed E-state index contributed by atoms with van der Waals surface area (Å²) in [7, 11) is 0.529. The molecule has 2 unspecified atom stereocenters. The highest BCUT2D eigenvalue weighted by Gasteiger charge is 2.92. The first-order valence-electron chi connectivity index (χ1n) is 4.40. The van der Waals surface area contributed by atoms with Crippen LogP contribution in [0.4, 0.5) is 26.3 Å². The molecule has 0 spiro atoms. The number of amides is 1. The Morgan fingerprint density at radius 1 is 1.25 bits per heavy atom. The van der Waals surface area contributed by atoms with E-state index >= 15 is 0 Å². The quantitative estimate of drug-likeness (QED) is 0.542. The third-order valence-corrected chi connectivity index (χ3v) is 2.68. The van der Waals surface area contributed by atoms with E-state index in [4.69, 9.17) is 0 Å². The lowest BCUT2D eigenvalue weighted by Gasteiger charge is -2.54. The zero-order valence-electron chi connectivity index (χ0n) is 8.41. The van der Waals surface area contributed by atoms with Crippen LogP contribution in [0.3, 0.4) is 0 Å². The minimum absolute atomic E-state index is 0.297. The third kappa shape index (κ3) is 1.12. The number of halogens is 6. The molecule has 0 N–H and O–H groups in total. The third-order valence-electron chi connectivity index (χ3n) is 2.68. The van der Waals surface area contributed by atoms with Gasteiger partial charge >= 0.3 is 11.8 Å². The van der Waals surface area contributed by atoms with Gasteiger partial charge in [0.1, 0.15) is 0 Å². The molecule has 1 aliphatic rings. The van der Waals surface area contributed by atoms with E-state index in [1.807, 2.05) is 0 Å². The van der Waals surface area contributed by atoms with Gasteiger partial charge in [-0.2, -0.15) is 17.6 Å². The lowest BCUT2D eigenvalue weighted by Crippen LogP contribution is -2.83. The second-order valence-corrected chi connectivity index (χ2v) is 3.54. The van der Waals surface area contributed by atoms with Crippen LogP contribution in [0.2, 0.25) is 0 Å². The fourth-order valence-corrected chi connectivity index (χ4v) is 1.51. The van der Waals surface area contributed by atoms with Crippen molar-refractivity contribution < 1.29 is 31.1 Å². The van der Waals surface area contributed by atoms with E-state index in [-0.39, 0.29) is 4.90 Å². The van der Waals surface area contributed by atoms with Crippen LogP contribution in [0, 0.1) is 0 Å². The molecule has 2 nitrogen and oxygen atoms in total. The normalized spacial score (nSPS) is 35.4. The molecule has 0 aliphatic heterocycles. The molecule has 1 fully saturated rings. The molecule has 0 aromatic rings. The van der Waals surface area contributed by atoms with Gasteiger partial charge in [-0.05, 0) is 0 Å². The molecule has 1 saturated carbocycles. The minimum Gasteiger partial charge on any atom is -0.305 e. The van der Waals surface area contributed by atoms with Gasteiger partial charge in [-0.1, -0.05) is 6.92 Å². The van der Waals surface area contributed by atoms with E-state index in [0.29, 0.717) is 7.05 Å². The molecule has 1 amide bonds. The van der Waals surface area contributed by atoms with Gasteiger partial charge in [0.15, 0.2) is 0 Å². The molecular formula is C8H9F6NO. The Morgan fingerprint density at radius 3 is 2.00 bits per heavy atom. The Kier molecular flexibility index (Phi) is 2.68. The van der Waals surface area contributed by atoms with Crippen LogP contribution < -0.4 is 0 Å². The summed E-state index contributed by atoms with van der Waals surface area (Å²) in [4.78, 5) is 10.6. The average molecular weight is 249 g/mol. The van der Waals surface area contributed by atoms with Crippen LogP contribution in [0.1, 0.15) is 13.3 Å². The molecule has 0 radical (unpaired) electrons. The van der Waals surface area contributed by atoms with Crippen molar-refractivity contribution in [2.75, 3.05) is 7.05 Å². The first kappa shape index (κ1) is 13.1. The van der Waals surface area contributed by atoms with Crippen LogP contribution in [0.25, 0.3) is 0 Å². The van der Waals surface area contributed by atoms with E-state index in [1.54, 1.807) is 0 Å². The Balaban J connectivity index is 3.09. The molecule has 0 bridgehead atoms. The van der Waals surface area contributed by atoms with E-state index < -0.39 is 36.1 Å². The minimum atomic E-state index is -5.22. The Hall–Kier alpha value is -0.950. The monoisotopic (exact) mass is 249 g/mol. The van der Waals surface area contributed by atoms with E-state index in [2.05, 4.69) is 0 Å². The summed E-state index contributed by atoms with van der Waals surface area (Å²) in [5, 5.41) is 0. The number of carbonyl (C=O) groups is 1. The molecule has 1 aliphatic carbocycles. The Bertz CT molecular complexity index is 320. The first-order valence-corrected chi connectivity index (χ1v) is 4.40. The van der Waals surface area contributed by atoms with Crippen molar-refractivity contribution >= 4 is 5.91 Å². The van der Waals surface area contributed by atoms with E-state index in [1.165, 1.54) is 6.92 Å².